The molecule has 0 aromatic carbocycles. The van der Waals surface area contributed by atoms with Gasteiger partial charge >= 0.3 is 0 Å². The molecule has 5 nitrogen and oxygen atoms in total. The first-order valence-electron chi connectivity index (χ1n) is 7.79. The van der Waals surface area contributed by atoms with Crippen LogP contribution in [0.5, 0.6) is 0 Å². The number of nitrogens with one attached hydrogen (secondary N) is 1. The van der Waals surface area contributed by atoms with Crippen molar-refractivity contribution in [2.24, 2.45) is 12.8 Å². The lowest BCUT2D eigenvalue weighted by Gasteiger charge is -2.47. The lowest BCUT2D eigenvalue weighted by molar-refractivity contribution is 0.0607. The summed E-state index contributed by atoms with van der Waals surface area (Å²) < 4.78 is 1.87. The van der Waals surface area contributed by atoms with Crippen LogP contribution in [0.25, 0.3) is 0 Å². The fourth-order valence-corrected chi connectivity index (χ4v) is 4.29. The fourth-order valence-electron chi connectivity index (χ4n) is 4.05. The molecule has 21 heavy (non-hydrogen) atoms. The van der Waals surface area contributed by atoms with E-state index in [2.05, 4.69) is 22.4 Å². The number of fused-ring (bicyclic) bond motifs is 2. The molecule has 2 bridgehead atoms. The number of aryl methyl sites for hydroxylation is 2. The van der Waals surface area contributed by atoms with Gasteiger partial charge in [-0.1, -0.05) is 18.6 Å². The third-order valence-electron chi connectivity index (χ3n) is 5.15. The van der Waals surface area contributed by atoms with Crippen LogP contribution in [0.3, 0.4) is 0 Å². The van der Waals surface area contributed by atoms with E-state index in [0.29, 0.717) is 23.1 Å². The van der Waals surface area contributed by atoms with E-state index in [-0.39, 0.29) is 0 Å². The van der Waals surface area contributed by atoms with Crippen LogP contribution in [0.4, 0.5) is 5.82 Å². The predicted molar refractivity (Wildman–Crippen MR) is 89.7 cm³/mol. The van der Waals surface area contributed by atoms with E-state index in [1.807, 2.05) is 18.7 Å². The Balaban J connectivity index is 1.80. The van der Waals surface area contributed by atoms with Crippen molar-refractivity contribution >= 4 is 23.0 Å². The van der Waals surface area contributed by atoms with Crippen LogP contribution < -0.4 is 11.1 Å². The van der Waals surface area contributed by atoms with E-state index < -0.39 is 0 Å². The van der Waals surface area contributed by atoms with Crippen molar-refractivity contribution in [3.63, 3.8) is 0 Å². The second-order valence-electron chi connectivity index (χ2n) is 6.51. The summed E-state index contributed by atoms with van der Waals surface area (Å²) in [7, 11) is 4.23. The molecule has 0 aliphatic carbocycles. The molecular weight excluding hydrogens is 282 g/mol. The Morgan fingerprint density at radius 1 is 1.29 bits per heavy atom. The molecule has 2 unspecified atom stereocenters. The smallest absolute Gasteiger partial charge is 0.134 e. The number of hydrogen-bond donors (Lipinski definition) is 2. The Kier molecular flexibility index (Phi) is 3.92. The van der Waals surface area contributed by atoms with Gasteiger partial charge in [0.15, 0.2) is 0 Å². The summed E-state index contributed by atoms with van der Waals surface area (Å²) in [5, 5.41) is 8.14. The van der Waals surface area contributed by atoms with Crippen LogP contribution in [0.2, 0.25) is 0 Å². The van der Waals surface area contributed by atoms with Crippen molar-refractivity contribution in [2.45, 2.75) is 57.2 Å². The van der Waals surface area contributed by atoms with Gasteiger partial charge in [0.25, 0.3) is 0 Å². The van der Waals surface area contributed by atoms with Gasteiger partial charge in [-0.05, 0) is 39.7 Å². The summed E-state index contributed by atoms with van der Waals surface area (Å²) in [6.07, 6.45) is 6.38. The topological polar surface area (TPSA) is 59.1 Å². The molecule has 1 aromatic heterocycles. The summed E-state index contributed by atoms with van der Waals surface area (Å²) in [5.41, 5.74) is 7.68. The van der Waals surface area contributed by atoms with Gasteiger partial charge in [0.1, 0.15) is 10.8 Å². The van der Waals surface area contributed by atoms with Crippen molar-refractivity contribution in [1.29, 1.82) is 0 Å². The van der Waals surface area contributed by atoms with Crippen LogP contribution in [0.15, 0.2) is 0 Å². The molecule has 2 saturated heterocycles. The third-order valence-corrected chi connectivity index (χ3v) is 5.35. The van der Waals surface area contributed by atoms with Crippen LogP contribution in [-0.2, 0) is 7.05 Å². The molecule has 2 fully saturated rings. The molecular formula is C15H25N5S. The Hall–Kier alpha value is -1.14. The van der Waals surface area contributed by atoms with E-state index in [9.17, 15) is 0 Å². The largest absolute Gasteiger partial charge is 0.389 e. The SMILES string of the molecule is Cc1nn(C)c(NC2CC3CCCC(C2)N3C)c1C(N)=S. The highest BCUT2D eigenvalue weighted by Gasteiger charge is 2.36. The molecule has 3 rings (SSSR count). The number of piperidine rings is 2. The summed E-state index contributed by atoms with van der Waals surface area (Å²) in [6.45, 7) is 1.96. The Bertz CT molecular complexity index is 539. The fraction of sp³-hybridized carbons (Fsp3) is 0.733. The summed E-state index contributed by atoms with van der Waals surface area (Å²) >= 11 is 5.19. The van der Waals surface area contributed by atoms with E-state index in [1.165, 1.54) is 32.1 Å². The van der Waals surface area contributed by atoms with Crippen molar-refractivity contribution in [1.82, 2.24) is 14.7 Å². The summed E-state index contributed by atoms with van der Waals surface area (Å²) in [4.78, 5) is 3.00. The van der Waals surface area contributed by atoms with E-state index in [4.69, 9.17) is 18.0 Å². The minimum absolute atomic E-state index is 0.427. The van der Waals surface area contributed by atoms with Crippen LogP contribution in [0, 0.1) is 6.92 Å². The number of nitrogens with two attached hydrogens (primary N) is 1. The molecule has 0 amide bonds. The molecule has 2 aliphatic rings. The maximum Gasteiger partial charge on any atom is 0.134 e. The number of thiocarbonyl (C=S) groups is 1. The predicted octanol–water partition coefficient (Wildman–Crippen LogP) is 1.79. The monoisotopic (exact) mass is 307 g/mol. The van der Waals surface area contributed by atoms with Gasteiger partial charge in [0, 0.05) is 25.2 Å². The first kappa shape index (κ1) is 14.8. The first-order valence-corrected chi connectivity index (χ1v) is 8.20. The number of aromatic nitrogens is 2. The first-order chi connectivity index (χ1) is 9.97. The molecule has 0 saturated carbocycles. The van der Waals surface area contributed by atoms with Gasteiger partial charge in [-0.25, -0.2) is 0 Å². The van der Waals surface area contributed by atoms with Gasteiger partial charge in [-0.15, -0.1) is 0 Å². The molecule has 3 heterocycles. The highest BCUT2D eigenvalue weighted by Crippen LogP contribution is 2.34. The summed E-state index contributed by atoms with van der Waals surface area (Å²) in [6, 6.07) is 1.90. The van der Waals surface area contributed by atoms with Crippen LogP contribution in [-0.4, -0.2) is 44.8 Å². The van der Waals surface area contributed by atoms with Gasteiger partial charge < -0.3 is 16.0 Å². The molecule has 1 aromatic rings. The molecule has 3 N–H and O–H groups in total. The van der Waals surface area contributed by atoms with Crippen LogP contribution in [0.1, 0.15) is 43.4 Å². The molecule has 0 spiro atoms. The Labute approximate surface area is 131 Å². The van der Waals surface area contributed by atoms with E-state index >= 15 is 0 Å². The zero-order valence-electron chi connectivity index (χ0n) is 13.1. The Morgan fingerprint density at radius 3 is 2.48 bits per heavy atom. The molecule has 2 atom stereocenters. The number of anilines is 1. The standard InChI is InChI=1S/C15H25N5S/c1-9-13(14(16)21)15(20(3)18-9)17-10-7-11-5-4-6-12(8-10)19(11)2/h10-12,17H,4-8H2,1-3H3,(H2,16,21). The van der Waals surface area contributed by atoms with Gasteiger partial charge in [0.05, 0.1) is 11.3 Å². The lowest BCUT2D eigenvalue weighted by Crippen LogP contribution is -2.53. The van der Waals surface area contributed by atoms with Crippen molar-refractivity contribution in [3.8, 4) is 0 Å². The van der Waals surface area contributed by atoms with Crippen LogP contribution >= 0.6 is 12.2 Å². The van der Waals surface area contributed by atoms with E-state index in [1.54, 1.807) is 0 Å². The van der Waals surface area contributed by atoms with Crippen molar-refractivity contribution in [3.05, 3.63) is 11.3 Å². The minimum atomic E-state index is 0.427. The van der Waals surface area contributed by atoms with Gasteiger partial charge in [-0.3, -0.25) is 4.68 Å². The average molecular weight is 307 g/mol. The Morgan fingerprint density at radius 2 is 1.90 bits per heavy atom. The molecule has 116 valence electrons. The van der Waals surface area contributed by atoms with Gasteiger partial charge in [-0.2, -0.15) is 5.10 Å². The number of rotatable bonds is 3. The number of nitrogens with zero attached hydrogens (tertiary/aromatic N) is 3. The summed E-state index contributed by atoms with van der Waals surface area (Å²) in [5.74, 6) is 0.979. The highest BCUT2D eigenvalue weighted by atomic mass is 32.1. The van der Waals surface area contributed by atoms with Crippen molar-refractivity contribution < 1.29 is 0 Å². The highest BCUT2D eigenvalue weighted by molar-refractivity contribution is 7.80. The maximum atomic E-state index is 5.88. The molecule has 2 aliphatic heterocycles. The maximum absolute atomic E-state index is 5.88. The number of hydrogen-bond acceptors (Lipinski definition) is 4. The second kappa shape index (κ2) is 5.57. The normalized spacial score (nSPS) is 29.4. The lowest BCUT2D eigenvalue weighted by atomic mass is 9.82. The molecule has 6 heteroatoms. The van der Waals surface area contributed by atoms with E-state index in [0.717, 1.165) is 17.1 Å². The van der Waals surface area contributed by atoms with Gasteiger partial charge in [0.2, 0.25) is 0 Å². The zero-order chi connectivity index (χ0) is 15.1. The zero-order valence-corrected chi connectivity index (χ0v) is 13.9. The third kappa shape index (κ3) is 2.66. The quantitative estimate of drug-likeness (QED) is 0.834. The minimum Gasteiger partial charge on any atom is -0.389 e. The second-order valence-corrected chi connectivity index (χ2v) is 6.95. The van der Waals surface area contributed by atoms with Crippen molar-refractivity contribution in [2.75, 3.05) is 12.4 Å². The average Bonchev–Trinajstić information content (AvgIpc) is 2.65. The molecule has 0 radical (unpaired) electrons.